The van der Waals surface area contributed by atoms with Crippen LogP contribution in [0.5, 0.6) is 5.75 Å². The van der Waals surface area contributed by atoms with Gasteiger partial charge in [0.2, 0.25) is 0 Å². The number of benzene rings is 1. The Balaban J connectivity index is 1.91. The minimum atomic E-state index is 0.268. The maximum absolute atomic E-state index is 5.38. The topological polar surface area (TPSA) is 39.1 Å². The van der Waals surface area contributed by atoms with Crippen molar-refractivity contribution in [3.05, 3.63) is 47.8 Å². The van der Waals surface area contributed by atoms with Crippen LogP contribution in [0.25, 0.3) is 0 Å². The summed E-state index contributed by atoms with van der Waals surface area (Å²) >= 11 is 0. The Labute approximate surface area is 114 Å². The molecule has 0 aliphatic carbocycles. The average molecular weight is 259 g/mol. The third kappa shape index (κ3) is 3.35. The molecular weight excluding hydrogens is 238 g/mol. The molecule has 0 saturated heterocycles. The molecule has 0 radical (unpaired) electrons. The fraction of sp³-hybridized carbons (Fsp3) is 0.400. The lowest BCUT2D eigenvalue weighted by Crippen LogP contribution is -2.22. The van der Waals surface area contributed by atoms with Gasteiger partial charge in [-0.2, -0.15) is 5.10 Å². The zero-order chi connectivity index (χ0) is 13.7. The van der Waals surface area contributed by atoms with Crippen molar-refractivity contribution < 1.29 is 4.74 Å². The minimum absolute atomic E-state index is 0.268. The third-order valence-electron chi connectivity index (χ3n) is 3.36. The van der Waals surface area contributed by atoms with Crippen molar-refractivity contribution in [2.24, 2.45) is 7.05 Å². The van der Waals surface area contributed by atoms with Crippen molar-refractivity contribution in [3.63, 3.8) is 0 Å². The van der Waals surface area contributed by atoms with Gasteiger partial charge in [0.25, 0.3) is 0 Å². The van der Waals surface area contributed by atoms with Crippen LogP contribution in [0.1, 0.15) is 24.2 Å². The Hall–Kier alpha value is -1.81. The molecule has 19 heavy (non-hydrogen) atoms. The molecule has 2 rings (SSSR count). The maximum atomic E-state index is 5.38. The molecule has 1 aromatic heterocycles. The predicted octanol–water partition coefficient (Wildman–Crippen LogP) is 2.32. The summed E-state index contributed by atoms with van der Waals surface area (Å²) in [5, 5.41) is 7.69. The number of hydrogen-bond acceptors (Lipinski definition) is 3. The molecule has 0 aliphatic heterocycles. The maximum Gasteiger partial charge on any atom is 0.123 e. The van der Waals surface area contributed by atoms with Gasteiger partial charge >= 0.3 is 0 Å². The Morgan fingerprint density at radius 1 is 1.32 bits per heavy atom. The second-order valence-electron chi connectivity index (χ2n) is 4.61. The quantitative estimate of drug-likeness (QED) is 0.865. The van der Waals surface area contributed by atoms with E-state index in [1.165, 1.54) is 11.3 Å². The molecule has 4 nitrogen and oxygen atoms in total. The summed E-state index contributed by atoms with van der Waals surface area (Å²) in [5.41, 5.74) is 2.43. The summed E-state index contributed by atoms with van der Waals surface area (Å²) < 4.78 is 7.30. The summed E-state index contributed by atoms with van der Waals surface area (Å²) in [6, 6.07) is 10.4. The monoisotopic (exact) mass is 259 g/mol. The molecule has 0 saturated carbocycles. The molecule has 1 aromatic carbocycles. The van der Waals surface area contributed by atoms with Crippen LogP contribution < -0.4 is 10.1 Å². The molecule has 1 atom stereocenters. The number of nitrogens with one attached hydrogen (secondary N) is 1. The zero-order valence-electron chi connectivity index (χ0n) is 11.8. The number of para-hydroxylation sites is 1. The lowest BCUT2D eigenvalue weighted by molar-refractivity contribution is 0.401. The molecule has 0 aliphatic rings. The standard InChI is InChI=1S/C15H21N3O/c1-12(14-6-4-5-7-15(14)19-3)16-10-8-13-9-11-17-18(13)2/h4-7,9,11-12,16H,8,10H2,1-3H3/t12-/m1/s1. The van der Waals surface area contributed by atoms with E-state index in [-0.39, 0.29) is 6.04 Å². The summed E-state index contributed by atoms with van der Waals surface area (Å²) in [6.07, 6.45) is 2.80. The molecule has 0 amide bonds. The molecule has 0 spiro atoms. The normalized spacial score (nSPS) is 12.4. The summed E-state index contributed by atoms with van der Waals surface area (Å²) in [4.78, 5) is 0. The molecule has 2 aromatic rings. The Kier molecular flexibility index (Phi) is 4.58. The Morgan fingerprint density at radius 3 is 2.79 bits per heavy atom. The second kappa shape index (κ2) is 6.38. The van der Waals surface area contributed by atoms with Gasteiger partial charge in [-0.3, -0.25) is 4.68 Å². The molecule has 1 N–H and O–H groups in total. The van der Waals surface area contributed by atoms with Crippen LogP contribution in [-0.2, 0) is 13.5 Å². The SMILES string of the molecule is COc1ccccc1[C@@H](C)NCCc1ccnn1C. The van der Waals surface area contributed by atoms with Crippen LogP contribution in [0.4, 0.5) is 0 Å². The molecule has 0 fully saturated rings. The van der Waals surface area contributed by atoms with E-state index in [1.54, 1.807) is 7.11 Å². The number of methoxy groups -OCH3 is 1. The van der Waals surface area contributed by atoms with E-state index in [2.05, 4.69) is 29.5 Å². The molecule has 4 heteroatoms. The van der Waals surface area contributed by atoms with Crippen molar-refractivity contribution in [1.29, 1.82) is 0 Å². The highest BCUT2D eigenvalue weighted by molar-refractivity contribution is 5.35. The van der Waals surface area contributed by atoms with Crippen molar-refractivity contribution >= 4 is 0 Å². The second-order valence-corrected chi connectivity index (χ2v) is 4.61. The van der Waals surface area contributed by atoms with E-state index < -0.39 is 0 Å². The number of aromatic nitrogens is 2. The van der Waals surface area contributed by atoms with E-state index in [0.29, 0.717) is 0 Å². The van der Waals surface area contributed by atoms with E-state index >= 15 is 0 Å². The van der Waals surface area contributed by atoms with Gasteiger partial charge in [0.1, 0.15) is 5.75 Å². The van der Waals surface area contributed by atoms with Crippen molar-refractivity contribution in [3.8, 4) is 5.75 Å². The summed E-state index contributed by atoms with van der Waals surface area (Å²) in [7, 11) is 3.68. The third-order valence-corrected chi connectivity index (χ3v) is 3.36. The van der Waals surface area contributed by atoms with Crippen LogP contribution in [0.3, 0.4) is 0 Å². The van der Waals surface area contributed by atoms with Gasteiger partial charge in [0, 0.05) is 43.5 Å². The van der Waals surface area contributed by atoms with Crippen molar-refractivity contribution in [1.82, 2.24) is 15.1 Å². The van der Waals surface area contributed by atoms with Crippen LogP contribution in [0, 0.1) is 0 Å². The fourth-order valence-electron chi connectivity index (χ4n) is 2.20. The predicted molar refractivity (Wildman–Crippen MR) is 76.3 cm³/mol. The highest BCUT2D eigenvalue weighted by Gasteiger charge is 2.10. The number of aryl methyl sites for hydroxylation is 1. The van der Waals surface area contributed by atoms with Crippen LogP contribution in [0.2, 0.25) is 0 Å². The van der Waals surface area contributed by atoms with Crippen molar-refractivity contribution in [2.45, 2.75) is 19.4 Å². The fourth-order valence-corrected chi connectivity index (χ4v) is 2.20. The Morgan fingerprint density at radius 2 is 2.11 bits per heavy atom. The highest BCUT2D eigenvalue weighted by atomic mass is 16.5. The van der Waals surface area contributed by atoms with Gasteiger partial charge < -0.3 is 10.1 Å². The van der Waals surface area contributed by atoms with Gasteiger partial charge in [0.05, 0.1) is 7.11 Å². The number of rotatable bonds is 6. The molecule has 0 unspecified atom stereocenters. The van der Waals surface area contributed by atoms with E-state index in [4.69, 9.17) is 4.74 Å². The first-order valence-corrected chi connectivity index (χ1v) is 6.55. The molecular formula is C15H21N3O. The van der Waals surface area contributed by atoms with Gasteiger partial charge in [-0.05, 0) is 19.1 Å². The minimum Gasteiger partial charge on any atom is -0.496 e. The van der Waals surface area contributed by atoms with Gasteiger partial charge in [-0.25, -0.2) is 0 Å². The smallest absolute Gasteiger partial charge is 0.123 e. The molecule has 102 valence electrons. The van der Waals surface area contributed by atoms with Gasteiger partial charge in [-0.15, -0.1) is 0 Å². The summed E-state index contributed by atoms with van der Waals surface area (Å²) in [5.74, 6) is 0.933. The highest BCUT2D eigenvalue weighted by Crippen LogP contribution is 2.24. The lowest BCUT2D eigenvalue weighted by Gasteiger charge is -2.17. The first-order valence-electron chi connectivity index (χ1n) is 6.55. The van der Waals surface area contributed by atoms with Crippen LogP contribution in [-0.4, -0.2) is 23.4 Å². The Bertz CT molecular complexity index is 522. The molecule has 0 bridgehead atoms. The number of ether oxygens (including phenoxy) is 1. The number of nitrogens with zero attached hydrogens (tertiary/aromatic N) is 2. The first-order chi connectivity index (χ1) is 9.22. The largest absolute Gasteiger partial charge is 0.496 e. The van der Waals surface area contributed by atoms with Crippen LogP contribution in [0.15, 0.2) is 36.5 Å². The first kappa shape index (κ1) is 13.6. The van der Waals surface area contributed by atoms with Crippen LogP contribution >= 0.6 is 0 Å². The van der Waals surface area contributed by atoms with Crippen molar-refractivity contribution in [2.75, 3.05) is 13.7 Å². The average Bonchev–Trinajstić information content (AvgIpc) is 2.84. The van der Waals surface area contributed by atoms with Gasteiger partial charge in [-0.1, -0.05) is 18.2 Å². The zero-order valence-corrected chi connectivity index (χ0v) is 11.8. The number of hydrogen-bond donors (Lipinski definition) is 1. The van der Waals surface area contributed by atoms with E-state index in [1.807, 2.05) is 36.1 Å². The molecule has 1 heterocycles. The summed E-state index contributed by atoms with van der Waals surface area (Å²) in [6.45, 7) is 3.07. The van der Waals surface area contributed by atoms with E-state index in [0.717, 1.165) is 18.7 Å². The van der Waals surface area contributed by atoms with Gasteiger partial charge in [0.15, 0.2) is 0 Å². The lowest BCUT2D eigenvalue weighted by atomic mass is 10.1. The van der Waals surface area contributed by atoms with E-state index in [9.17, 15) is 0 Å².